The average Bonchev–Trinajstić information content (AvgIpc) is 2.30. The molecule has 2 rings (SSSR count). The van der Waals surface area contributed by atoms with Gasteiger partial charge < -0.3 is 5.73 Å². The maximum atomic E-state index is 11.4. The molecule has 2 N–H and O–H groups in total. The molecule has 0 fully saturated rings. The molecule has 0 saturated carbocycles. The van der Waals surface area contributed by atoms with Crippen LogP contribution >= 0.6 is 0 Å². The maximum Gasteiger partial charge on any atom is 0.150 e. The molecule has 1 aromatic carbocycles. The molecule has 0 heterocycles. The summed E-state index contributed by atoms with van der Waals surface area (Å²) in [6.45, 7) is 1.69. The molecule has 0 aromatic heterocycles. The second-order valence-electron chi connectivity index (χ2n) is 5.05. The van der Waals surface area contributed by atoms with Gasteiger partial charge in [-0.1, -0.05) is 31.2 Å². The normalized spacial score (nSPS) is 20.0. The molecule has 4 heteroatoms. The molecule has 1 aliphatic rings. The van der Waals surface area contributed by atoms with Gasteiger partial charge in [0, 0.05) is 17.7 Å². The van der Waals surface area contributed by atoms with Crippen molar-refractivity contribution in [3.8, 4) is 0 Å². The standard InChI is InChI=1S/C14H21NO2S/c1-2-18(16,17)9-5-8-14(15)13-10-11-6-3-4-7-12(11)13/h3-4,6-7,13-14H,2,5,8-10,15H2,1H3. The van der Waals surface area contributed by atoms with Crippen molar-refractivity contribution in [2.24, 2.45) is 5.73 Å². The Labute approximate surface area is 109 Å². The maximum absolute atomic E-state index is 11.4. The molecule has 2 unspecified atom stereocenters. The molecule has 3 nitrogen and oxygen atoms in total. The highest BCUT2D eigenvalue weighted by Gasteiger charge is 2.30. The molecule has 0 aliphatic heterocycles. The minimum atomic E-state index is -2.85. The second kappa shape index (κ2) is 5.41. The molecule has 100 valence electrons. The summed E-state index contributed by atoms with van der Waals surface area (Å²) in [5.41, 5.74) is 8.91. The van der Waals surface area contributed by atoms with E-state index in [4.69, 9.17) is 5.73 Å². The van der Waals surface area contributed by atoms with E-state index < -0.39 is 9.84 Å². The molecule has 0 amide bonds. The summed E-state index contributed by atoms with van der Waals surface area (Å²) in [6, 6.07) is 8.45. The minimum absolute atomic E-state index is 0.0898. The SMILES string of the molecule is CCS(=O)(=O)CCCC(N)C1Cc2ccccc21. The lowest BCUT2D eigenvalue weighted by atomic mass is 9.73. The Morgan fingerprint density at radius 1 is 1.39 bits per heavy atom. The molecule has 0 bridgehead atoms. The van der Waals surface area contributed by atoms with E-state index in [-0.39, 0.29) is 17.5 Å². The van der Waals surface area contributed by atoms with Crippen molar-refractivity contribution >= 4 is 9.84 Å². The Bertz CT molecular complexity index is 510. The molecule has 18 heavy (non-hydrogen) atoms. The Balaban J connectivity index is 1.83. The summed E-state index contributed by atoms with van der Waals surface area (Å²) in [6.07, 6.45) is 2.51. The first kappa shape index (κ1) is 13.6. The van der Waals surface area contributed by atoms with Gasteiger partial charge in [-0.25, -0.2) is 8.42 Å². The van der Waals surface area contributed by atoms with Crippen LogP contribution in [0.3, 0.4) is 0 Å². The lowest BCUT2D eigenvalue weighted by Crippen LogP contribution is -2.35. The monoisotopic (exact) mass is 267 g/mol. The topological polar surface area (TPSA) is 60.2 Å². The van der Waals surface area contributed by atoms with E-state index in [1.165, 1.54) is 11.1 Å². The van der Waals surface area contributed by atoms with Crippen molar-refractivity contribution in [1.29, 1.82) is 0 Å². The Hall–Kier alpha value is -0.870. The zero-order valence-electron chi connectivity index (χ0n) is 10.8. The van der Waals surface area contributed by atoms with Crippen molar-refractivity contribution in [3.05, 3.63) is 35.4 Å². The summed E-state index contributed by atoms with van der Waals surface area (Å²) in [5.74, 6) is 0.922. The van der Waals surface area contributed by atoms with Crippen LogP contribution < -0.4 is 5.73 Å². The van der Waals surface area contributed by atoms with E-state index in [1.807, 2.05) is 12.1 Å². The number of rotatable bonds is 6. The number of hydrogen-bond donors (Lipinski definition) is 1. The summed E-state index contributed by atoms with van der Waals surface area (Å²) < 4.78 is 22.8. The van der Waals surface area contributed by atoms with Gasteiger partial charge in [0.05, 0.1) is 5.75 Å². The van der Waals surface area contributed by atoms with Gasteiger partial charge in [-0.05, 0) is 30.4 Å². The van der Waals surface area contributed by atoms with E-state index in [1.54, 1.807) is 6.92 Å². The van der Waals surface area contributed by atoms with E-state index >= 15 is 0 Å². The van der Waals surface area contributed by atoms with E-state index in [9.17, 15) is 8.42 Å². The van der Waals surface area contributed by atoms with Gasteiger partial charge >= 0.3 is 0 Å². The van der Waals surface area contributed by atoms with Gasteiger partial charge in [0.25, 0.3) is 0 Å². The fraction of sp³-hybridized carbons (Fsp3) is 0.571. The summed E-state index contributed by atoms with van der Waals surface area (Å²) >= 11 is 0. The first-order chi connectivity index (χ1) is 8.53. The van der Waals surface area contributed by atoms with Crippen LogP contribution in [0.5, 0.6) is 0 Å². The Kier molecular flexibility index (Phi) is 4.07. The van der Waals surface area contributed by atoms with Crippen molar-refractivity contribution in [2.75, 3.05) is 11.5 Å². The van der Waals surface area contributed by atoms with Crippen LogP contribution in [0, 0.1) is 0 Å². The number of sulfone groups is 1. The number of nitrogens with two attached hydrogens (primary N) is 1. The largest absolute Gasteiger partial charge is 0.327 e. The third-order valence-electron chi connectivity index (χ3n) is 3.84. The quantitative estimate of drug-likeness (QED) is 0.856. The van der Waals surface area contributed by atoms with Gasteiger partial charge in [0.1, 0.15) is 9.84 Å². The Morgan fingerprint density at radius 2 is 2.11 bits per heavy atom. The molecule has 0 spiro atoms. The van der Waals surface area contributed by atoms with Crippen LogP contribution in [0.15, 0.2) is 24.3 Å². The molecule has 2 atom stereocenters. The Morgan fingerprint density at radius 3 is 2.78 bits per heavy atom. The average molecular weight is 267 g/mol. The van der Waals surface area contributed by atoms with Crippen molar-refractivity contribution < 1.29 is 8.42 Å². The number of hydrogen-bond acceptors (Lipinski definition) is 3. The minimum Gasteiger partial charge on any atom is -0.327 e. The summed E-state index contributed by atoms with van der Waals surface area (Å²) in [7, 11) is -2.85. The fourth-order valence-corrected chi connectivity index (χ4v) is 3.46. The van der Waals surface area contributed by atoms with Gasteiger partial charge in [-0.2, -0.15) is 0 Å². The summed E-state index contributed by atoms with van der Waals surface area (Å²) in [5, 5.41) is 0. The van der Waals surface area contributed by atoms with Crippen molar-refractivity contribution in [2.45, 2.75) is 38.1 Å². The predicted molar refractivity (Wildman–Crippen MR) is 74.4 cm³/mol. The third kappa shape index (κ3) is 2.93. The first-order valence-corrected chi connectivity index (χ1v) is 8.39. The van der Waals surface area contributed by atoms with Crippen LogP contribution in [-0.4, -0.2) is 26.0 Å². The molecule has 1 aliphatic carbocycles. The molecule has 0 radical (unpaired) electrons. The van der Waals surface area contributed by atoms with E-state index in [0.717, 1.165) is 12.8 Å². The molecule has 0 saturated heterocycles. The highest BCUT2D eigenvalue weighted by molar-refractivity contribution is 7.91. The summed E-state index contributed by atoms with van der Waals surface area (Å²) in [4.78, 5) is 0. The van der Waals surface area contributed by atoms with Crippen LogP contribution in [0.2, 0.25) is 0 Å². The van der Waals surface area contributed by atoms with Crippen LogP contribution in [0.1, 0.15) is 36.8 Å². The highest BCUT2D eigenvalue weighted by Crippen LogP contribution is 2.37. The fourth-order valence-electron chi connectivity index (χ4n) is 2.56. The molecular formula is C14H21NO2S. The molecular weight excluding hydrogens is 246 g/mol. The zero-order valence-corrected chi connectivity index (χ0v) is 11.6. The molecule has 1 aromatic rings. The third-order valence-corrected chi connectivity index (χ3v) is 5.63. The lowest BCUT2D eigenvalue weighted by molar-refractivity contribution is 0.453. The number of fused-ring (bicyclic) bond motifs is 1. The number of benzene rings is 1. The van der Waals surface area contributed by atoms with Gasteiger partial charge in [-0.3, -0.25) is 0 Å². The van der Waals surface area contributed by atoms with Gasteiger partial charge in [0.2, 0.25) is 0 Å². The van der Waals surface area contributed by atoms with E-state index in [0.29, 0.717) is 12.3 Å². The van der Waals surface area contributed by atoms with Crippen LogP contribution in [0.25, 0.3) is 0 Å². The van der Waals surface area contributed by atoms with Gasteiger partial charge in [-0.15, -0.1) is 0 Å². The smallest absolute Gasteiger partial charge is 0.150 e. The van der Waals surface area contributed by atoms with Crippen LogP contribution in [0.4, 0.5) is 0 Å². The first-order valence-electron chi connectivity index (χ1n) is 6.57. The van der Waals surface area contributed by atoms with E-state index in [2.05, 4.69) is 12.1 Å². The zero-order chi connectivity index (χ0) is 13.2. The van der Waals surface area contributed by atoms with Gasteiger partial charge in [0.15, 0.2) is 0 Å². The van der Waals surface area contributed by atoms with Crippen molar-refractivity contribution in [3.63, 3.8) is 0 Å². The van der Waals surface area contributed by atoms with Crippen LogP contribution in [-0.2, 0) is 16.3 Å². The second-order valence-corrected chi connectivity index (χ2v) is 7.52. The van der Waals surface area contributed by atoms with Crippen molar-refractivity contribution in [1.82, 2.24) is 0 Å². The lowest BCUT2D eigenvalue weighted by Gasteiger charge is -2.34. The highest BCUT2D eigenvalue weighted by atomic mass is 32.2. The predicted octanol–water partition coefficient (Wildman–Crippen LogP) is 1.87.